The molecular formula is C14H17FN2O6S. The summed E-state index contributed by atoms with van der Waals surface area (Å²) in [5.74, 6) is -2.50. The Morgan fingerprint density at radius 3 is 2.62 bits per heavy atom. The Morgan fingerprint density at radius 2 is 2.00 bits per heavy atom. The normalized spacial score (nSPS) is 15.8. The molecule has 0 radical (unpaired) electrons. The monoisotopic (exact) mass is 360 g/mol. The molecule has 1 aliphatic heterocycles. The molecule has 0 atom stereocenters. The zero-order chi connectivity index (χ0) is 17.7. The van der Waals surface area contributed by atoms with Crippen LogP contribution in [0, 0.1) is 5.82 Å². The van der Waals surface area contributed by atoms with Gasteiger partial charge in [0.1, 0.15) is 12.4 Å². The van der Waals surface area contributed by atoms with E-state index in [1.807, 2.05) is 0 Å². The second kappa shape index (κ2) is 7.69. The fraction of sp³-hybridized carbons (Fsp3) is 0.429. The maximum atomic E-state index is 13.9. The van der Waals surface area contributed by atoms with Gasteiger partial charge < -0.3 is 14.8 Å². The first-order valence-corrected chi connectivity index (χ1v) is 8.52. The highest BCUT2D eigenvalue weighted by molar-refractivity contribution is 7.89. The Balaban J connectivity index is 2.24. The second-order valence-electron chi connectivity index (χ2n) is 4.92. The third kappa shape index (κ3) is 4.08. The van der Waals surface area contributed by atoms with Crippen molar-refractivity contribution in [3.63, 3.8) is 0 Å². The highest BCUT2D eigenvalue weighted by Crippen LogP contribution is 2.20. The molecule has 0 bridgehead atoms. The number of ether oxygens (including phenoxy) is 2. The number of benzene rings is 1. The molecule has 0 unspecified atom stereocenters. The van der Waals surface area contributed by atoms with Gasteiger partial charge in [-0.3, -0.25) is 9.59 Å². The van der Waals surface area contributed by atoms with E-state index in [0.29, 0.717) is 0 Å². The lowest BCUT2D eigenvalue weighted by Gasteiger charge is -2.26. The molecule has 132 valence electrons. The van der Waals surface area contributed by atoms with E-state index in [2.05, 4.69) is 10.1 Å². The van der Waals surface area contributed by atoms with Crippen molar-refractivity contribution in [1.29, 1.82) is 0 Å². The van der Waals surface area contributed by atoms with Crippen molar-refractivity contribution in [3.05, 3.63) is 29.6 Å². The van der Waals surface area contributed by atoms with E-state index in [1.54, 1.807) is 0 Å². The van der Waals surface area contributed by atoms with Crippen LogP contribution in [0.15, 0.2) is 23.1 Å². The average molecular weight is 360 g/mol. The molecule has 0 aliphatic carbocycles. The van der Waals surface area contributed by atoms with E-state index < -0.39 is 39.8 Å². The molecule has 8 nitrogen and oxygen atoms in total. The Labute approximate surface area is 138 Å². The average Bonchev–Trinajstić information content (AvgIpc) is 2.60. The number of methoxy groups -OCH3 is 1. The van der Waals surface area contributed by atoms with Crippen LogP contribution < -0.4 is 5.32 Å². The molecular weight excluding hydrogens is 343 g/mol. The van der Waals surface area contributed by atoms with Gasteiger partial charge in [-0.25, -0.2) is 12.8 Å². The van der Waals surface area contributed by atoms with Crippen molar-refractivity contribution in [2.45, 2.75) is 4.90 Å². The molecule has 2 rings (SSSR count). The summed E-state index contributed by atoms with van der Waals surface area (Å²) in [4.78, 5) is 22.8. The van der Waals surface area contributed by atoms with Gasteiger partial charge in [-0.2, -0.15) is 4.31 Å². The fourth-order valence-electron chi connectivity index (χ4n) is 2.09. The molecule has 1 aliphatic rings. The summed E-state index contributed by atoms with van der Waals surface area (Å²) in [5, 5.41) is 2.17. The van der Waals surface area contributed by atoms with Gasteiger partial charge in [-0.05, 0) is 18.2 Å². The first-order chi connectivity index (χ1) is 11.4. The minimum absolute atomic E-state index is 0.184. The zero-order valence-electron chi connectivity index (χ0n) is 13.0. The number of morpholine rings is 1. The van der Waals surface area contributed by atoms with E-state index in [9.17, 15) is 22.4 Å². The smallest absolute Gasteiger partial charge is 0.325 e. The van der Waals surface area contributed by atoms with Crippen molar-refractivity contribution in [3.8, 4) is 0 Å². The molecule has 24 heavy (non-hydrogen) atoms. The van der Waals surface area contributed by atoms with Crippen molar-refractivity contribution >= 4 is 21.9 Å². The Hall–Kier alpha value is -2.04. The standard InChI is InChI=1S/C14H17FN2O6S/c1-22-13(18)9-16-14(19)11-8-10(2-3-12(11)15)24(20,21)17-4-6-23-7-5-17/h2-3,8H,4-7,9H2,1H3,(H,16,19). The lowest BCUT2D eigenvalue weighted by Crippen LogP contribution is -2.40. The molecule has 0 saturated carbocycles. The fourth-order valence-corrected chi connectivity index (χ4v) is 3.53. The molecule has 1 aromatic rings. The SMILES string of the molecule is COC(=O)CNC(=O)c1cc(S(=O)(=O)N2CCOCC2)ccc1F. The van der Waals surface area contributed by atoms with Crippen LogP contribution in [0.4, 0.5) is 4.39 Å². The number of carbonyl (C=O) groups excluding carboxylic acids is 2. The summed E-state index contributed by atoms with van der Waals surface area (Å²) >= 11 is 0. The molecule has 0 aromatic heterocycles. The van der Waals surface area contributed by atoms with Crippen molar-refractivity contribution in [1.82, 2.24) is 9.62 Å². The summed E-state index contributed by atoms with van der Waals surface area (Å²) in [7, 11) is -2.71. The predicted molar refractivity (Wildman–Crippen MR) is 80.3 cm³/mol. The third-order valence-electron chi connectivity index (χ3n) is 3.41. The van der Waals surface area contributed by atoms with Gasteiger partial charge in [0.15, 0.2) is 0 Å². The number of hydrogen-bond donors (Lipinski definition) is 1. The quantitative estimate of drug-likeness (QED) is 0.727. The van der Waals surface area contributed by atoms with Crippen LogP contribution in [0.1, 0.15) is 10.4 Å². The summed E-state index contributed by atoms with van der Waals surface area (Å²) in [6.07, 6.45) is 0. The number of nitrogens with zero attached hydrogens (tertiary/aromatic N) is 1. The minimum atomic E-state index is -3.86. The summed E-state index contributed by atoms with van der Waals surface area (Å²) in [5.41, 5.74) is -0.465. The lowest BCUT2D eigenvalue weighted by atomic mass is 10.2. The Kier molecular flexibility index (Phi) is 5.86. The summed E-state index contributed by atoms with van der Waals surface area (Å²) in [6, 6.07) is 2.95. The number of carbonyl (C=O) groups is 2. The van der Waals surface area contributed by atoms with Crippen LogP contribution in [0.25, 0.3) is 0 Å². The Morgan fingerprint density at radius 1 is 1.33 bits per heavy atom. The van der Waals surface area contributed by atoms with Crippen LogP contribution in [0.2, 0.25) is 0 Å². The molecule has 10 heteroatoms. The first kappa shape index (κ1) is 18.3. The van der Waals surface area contributed by atoms with Crippen LogP contribution in [-0.2, 0) is 24.3 Å². The van der Waals surface area contributed by atoms with Crippen molar-refractivity contribution < 1.29 is 31.9 Å². The molecule has 1 amide bonds. The van der Waals surface area contributed by atoms with E-state index in [4.69, 9.17) is 4.74 Å². The van der Waals surface area contributed by atoms with Crippen LogP contribution in [0.3, 0.4) is 0 Å². The van der Waals surface area contributed by atoms with Crippen molar-refractivity contribution in [2.24, 2.45) is 0 Å². The molecule has 0 spiro atoms. The minimum Gasteiger partial charge on any atom is -0.468 e. The number of esters is 1. The maximum absolute atomic E-state index is 13.9. The highest BCUT2D eigenvalue weighted by Gasteiger charge is 2.27. The molecule has 1 aromatic carbocycles. The van der Waals surface area contributed by atoms with Crippen LogP contribution in [-0.4, -0.2) is 64.6 Å². The number of halogens is 1. The number of hydrogen-bond acceptors (Lipinski definition) is 6. The maximum Gasteiger partial charge on any atom is 0.325 e. The van der Waals surface area contributed by atoms with E-state index in [0.717, 1.165) is 25.3 Å². The largest absolute Gasteiger partial charge is 0.468 e. The summed E-state index contributed by atoms with van der Waals surface area (Å²) < 4.78 is 49.6. The van der Waals surface area contributed by atoms with Gasteiger partial charge in [0.2, 0.25) is 10.0 Å². The molecule has 1 heterocycles. The van der Waals surface area contributed by atoms with E-state index >= 15 is 0 Å². The molecule has 1 fully saturated rings. The van der Waals surface area contributed by atoms with Gasteiger partial charge in [-0.1, -0.05) is 0 Å². The third-order valence-corrected chi connectivity index (χ3v) is 5.31. The second-order valence-corrected chi connectivity index (χ2v) is 6.85. The van der Waals surface area contributed by atoms with Gasteiger partial charge in [0.25, 0.3) is 5.91 Å². The highest BCUT2D eigenvalue weighted by atomic mass is 32.2. The summed E-state index contributed by atoms with van der Waals surface area (Å²) in [6.45, 7) is 0.460. The van der Waals surface area contributed by atoms with Gasteiger partial charge in [0, 0.05) is 13.1 Å². The zero-order valence-corrected chi connectivity index (χ0v) is 13.8. The Bertz CT molecular complexity index is 731. The lowest BCUT2D eigenvalue weighted by molar-refractivity contribution is -0.139. The number of amides is 1. The van der Waals surface area contributed by atoms with E-state index in [1.165, 1.54) is 4.31 Å². The number of rotatable bonds is 5. The number of sulfonamides is 1. The van der Waals surface area contributed by atoms with Crippen molar-refractivity contribution in [2.75, 3.05) is 40.0 Å². The van der Waals surface area contributed by atoms with Gasteiger partial charge >= 0.3 is 5.97 Å². The molecule has 1 saturated heterocycles. The molecule has 1 N–H and O–H groups in total. The number of nitrogens with one attached hydrogen (secondary N) is 1. The predicted octanol–water partition coefficient (Wildman–Crippen LogP) is -0.251. The van der Waals surface area contributed by atoms with E-state index in [-0.39, 0.29) is 31.2 Å². The first-order valence-electron chi connectivity index (χ1n) is 7.08. The van der Waals surface area contributed by atoms with Gasteiger partial charge in [-0.15, -0.1) is 0 Å². The van der Waals surface area contributed by atoms with Gasteiger partial charge in [0.05, 0.1) is 30.8 Å². The van der Waals surface area contributed by atoms with Crippen LogP contribution in [0.5, 0.6) is 0 Å². The van der Waals surface area contributed by atoms with Crippen LogP contribution >= 0.6 is 0 Å². The topological polar surface area (TPSA) is 102 Å².